The van der Waals surface area contributed by atoms with Crippen LogP contribution in [-0.2, 0) is 16.0 Å². The first-order valence-corrected chi connectivity index (χ1v) is 9.93. The third-order valence-electron chi connectivity index (χ3n) is 4.71. The van der Waals surface area contributed by atoms with Gasteiger partial charge in [-0.15, -0.1) is 0 Å². The lowest BCUT2D eigenvalue weighted by Crippen LogP contribution is -2.27. The molecule has 3 rings (SSSR count). The van der Waals surface area contributed by atoms with E-state index in [1.165, 1.54) is 6.07 Å². The van der Waals surface area contributed by atoms with Gasteiger partial charge >= 0.3 is 0 Å². The number of nitrogens with one attached hydrogen (secondary N) is 1. The highest BCUT2D eigenvalue weighted by molar-refractivity contribution is 5.76. The molecule has 1 N–H and O–H groups in total. The van der Waals surface area contributed by atoms with Crippen molar-refractivity contribution in [2.45, 2.75) is 26.7 Å². The van der Waals surface area contributed by atoms with Gasteiger partial charge in [0.1, 0.15) is 5.82 Å². The summed E-state index contributed by atoms with van der Waals surface area (Å²) in [6.07, 6.45) is 0.543. The van der Waals surface area contributed by atoms with Gasteiger partial charge in [0.05, 0.1) is 18.0 Å². The summed E-state index contributed by atoms with van der Waals surface area (Å²) in [6, 6.07) is 10.7. The maximum Gasteiger partial charge on any atom is 0.226 e. The summed E-state index contributed by atoms with van der Waals surface area (Å²) in [6.45, 7) is 4.60. The van der Waals surface area contributed by atoms with Crippen molar-refractivity contribution in [2.24, 2.45) is 0 Å². The molecular weight excluding hydrogens is 404 g/mol. The largest absolute Gasteiger partial charge is 0.436 e. The Kier molecular flexibility index (Phi) is 7.36. The number of carbonyl (C=O) groups excluding carboxylic acids is 1. The molecule has 0 fully saturated rings. The van der Waals surface area contributed by atoms with E-state index in [-0.39, 0.29) is 18.1 Å². The molecular formula is C23H25F2N3O3. The summed E-state index contributed by atoms with van der Waals surface area (Å²) < 4.78 is 40.0. The number of rotatable bonds is 9. The molecule has 0 aliphatic carbocycles. The molecule has 0 spiro atoms. The van der Waals surface area contributed by atoms with Crippen LogP contribution in [-0.4, -0.2) is 35.9 Å². The van der Waals surface area contributed by atoms with Gasteiger partial charge in [0.15, 0.2) is 11.6 Å². The van der Waals surface area contributed by atoms with Gasteiger partial charge in [-0.3, -0.25) is 4.79 Å². The van der Waals surface area contributed by atoms with E-state index in [0.717, 1.165) is 23.4 Å². The Balaban J connectivity index is 1.94. The fourth-order valence-electron chi connectivity index (χ4n) is 3.15. The first kappa shape index (κ1) is 22.4. The zero-order valence-electron chi connectivity index (χ0n) is 17.7. The van der Waals surface area contributed by atoms with Gasteiger partial charge in [0.25, 0.3) is 0 Å². The summed E-state index contributed by atoms with van der Waals surface area (Å²) in [5.41, 5.74) is 3.08. The van der Waals surface area contributed by atoms with Gasteiger partial charge < -0.3 is 14.8 Å². The van der Waals surface area contributed by atoms with Crippen LogP contribution in [0.3, 0.4) is 0 Å². The van der Waals surface area contributed by atoms with Gasteiger partial charge in [0.2, 0.25) is 11.8 Å². The van der Waals surface area contributed by atoms with Crippen molar-refractivity contribution in [1.82, 2.24) is 15.1 Å². The Morgan fingerprint density at radius 2 is 1.97 bits per heavy atom. The Labute approximate surface area is 179 Å². The molecule has 0 radical (unpaired) electrons. The highest BCUT2D eigenvalue weighted by Gasteiger charge is 2.21. The Morgan fingerprint density at radius 3 is 2.68 bits per heavy atom. The zero-order valence-corrected chi connectivity index (χ0v) is 17.7. The average Bonchev–Trinajstić information content (AvgIpc) is 3.04. The van der Waals surface area contributed by atoms with Crippen molar-refractivity contribution >= 4 is 5.91 Å². The Bertz CT molecular complexity index is 1070. The molecule has 0 aliphatic heterocycles. The minimum Gasteiger partial charge on any atom is -0.436 e. The van der Waals surface area contributed by atoms with E-state index in [2.05, 4.69) is 10.4 Å². The van der Waals surface area contributed by atoms with Crippen molar-refractivity contribution in [1.29, 1.82) is 0 Å². The maximum absolute atomic E-state index is 14.3. The number of hydrogen-bond donors (Lipinski definition) is 1. The summed E-state index contributed by atoms with van der Waals surface area (Å²) in [4.78, 5) is 12.1. The first-order valence-electron chi connectivity index (χ1n) is 9.93. The number of methoxy groups -OCH3 is 1. The van der Waals surface area contributed by atoms with Gasteiger partial charge in [-0.25, -0.2) is 13.5 Å². The Hall–Kier alpha value is -3.26. The van der Waals surface area contributed by atoms with Gasteiger partial charge in [-0.05, 0) is 50.1 Å². The van der Waals surface area contributed by atoms with Crippen molar-refractivity contribution in [2.75, 3.05) is 20.3 Å². The second kappa shape index (κ2) is 10.2. The standard InChI is InChI=1S/C23H25F2N3O3/c1-15-5-4-6-18(13-15)28-23(31-21-9-7-17(24)14-20(21)25)19(16(2)27-28)8-10-22(29)26-11-12-30-3/h4-7,9,13-14H,8,10-12H2,1-3H3,(H,26,29). The van der Waals surface area contributed by atoms with Crippen LogP contribution in [0.1, 0.15) is 23.2 Å². The number of hydrogen-bond acceptors (Lipinski definition) is 4. The minimum absolute atomic E-state index is 0.124. The molecule has 1 heterocycles. The fourth-order valence-corrected chi connectivity index (χ4v) is 3.15. The van der Waals surface area contributed by atoms with Crippen molar-refractivity contribution in [3.05, 3.63) is 70.9 Å². The molecule has 1 aromatic heterocycles. The molecule has 0 saturated heterocycles. The van der Waals surface area contributed by atoms with Gasteiger partial charge in [-0.1, -0.05) is 12.1 Å². The molecule has 0 atom stereocenters. The number of amides is 1. The first-order chi connectivity index (χ1) is 14.9. The van der Waals surface area contributed by atoms with Crippen LogP contribution in [0.5, 0.6) is 11.6 Å². The van der Waals surface area contributed by atoms with Crippen LogP contribution in [0.25, 0.3) is 5.69 Å². The second-order valence-electron chi connectivity index (χ2n) is 7.14. The third kappa shape index (κ3) is 5.67. The molecule has 1 amide bonds. The van der Waals surface area contributed by atoms with Crippen LogP contribution < -0.4 is 10.1 Å². The maximum atomic E-state index is 14.3. The number of ether oxygens (including phenoxy) is 2. The molecule has 6 nitrogen and oxygen atoms in total. The van der Waals surface area contributed by atoms with Gasteiger partial charge in [0, 0.05) is 31.7 Å². The summed E-state index contributed by atoms with van der Waals surface area (Å²) >= 11 is 0. The molecule has 0 aliphatic rings. The van der Waals surface area contributed by atoms with Crippen LogP contribution in [0, 0.1) is 25.5 Å². The molecule has 31 heavy (non-hydrogen) atoms. The number of halogens is 2. The van der Waals surface area contributed by atoms with E-state index >= 15 is 0 Å². The van der Waals surface area contributed by atoms with E-state index in [1.54, 1.807) is 18.7 Å². The number of nitrogens with zero attached hydrogens (tertiary/aromatic N) is 2. The van der Waals surface area contributed by atoms with E-state index < -0.39 is 11.6 Å². The average molecular weight is 429 g/mol. The van der Waals surface area contributed by atoms with Crippen LogP contribution >= 0.6 is 0 Å². The molecule has 0 saturated carbocycles. The molecule has 0 bridgehead atoms. The lowest BCUT2D eigenvalue weighted by molar-refractivity contribution is -0.121. The van der Waals surface area contributed by atoms with E-state index in [0.29, 0.717) is 36.7 Å². The quantitative estimate of drug-likeness (QED) is 0.517. The van der Waals surface area contributed by atoms with Crippen molar-refractivity contribution in [3.8, 4) is 17.3 Å². The highest BCUT2D eigenvalue weighted by Crippen LogP contribution is 2.33. The van der Waals surface area contributed by atoms with E-state index in [4.69, 9.17) is 9.47 Å². The lowest BCUT2D eigenvalue weighted by atomic mass is 10.1. The Morgan fingerprint density at radius 1 is 1.16 bits per heavy atom. The van der Waals surface area contributed by atoms with E-state index in [9.17, 15) is 13.6 Å². The summed E-state index contributed by atoms with van der Waals surface area (Å²) in [5, 5.41) is 7.33. The normalized spacial score (nSPS) is 10.9. The summed E-state index contributed by atoms with van der Waals surface area (Å²) in [7, 11) is 1.56. The predicted octanol–water partition coefficient (Wildman–Crippen LogP) is 4.25. The minimum atomic E-state index is -0.821. The predicted molar refractivity (Wildman–Crippen MR) is 113 cm³/mol. The van der Waals surface area contributed by atoms with Crippen LogP contribution in [0.4, 0.5) is 8.78 Å². The smallest absolute Gasteiger partial charge is 0.226 e. The molecule has 0 unspecified atom stereocenters. The van der Waals surface area contributed by atoms with Crippen LogP contribution in [0.15, 0.2) is 42.5 Å². The van der Waals surface area contributed by atoms with Crippen molar-refractivity contribution < 1.29 is 23.0 Å². The number of carbonyl (C=O) groups is 1. The molecule has 164 valence electrons. The SMILES string of the molecule is COCCNC(=O)CCc1c(C)nn(-c2cccc(C)c2)c1Oc1ccc(F)cc1F. The fraction of sp³-hybridized carbons (Fsp3) is 0.304. The molecule has 2 aromatic carbocycles. The number of aromatic nitrogens is 2. The lowest BCUT2D eigenvalue weighted by Gasteiger charge is -2.12. The third-order valence-corrected chi connectivity index (χ3v) is 4.71. The highest BCUT2D eigenvalue weighted by atomic mass is 19.1. The van der Waals surface area contributed by atoms with Crippen molar-refractivity contribution in [3.63, 3.8) is 0 Å². The molecule has 3 aromatic rings. The van der Waals surface area contributed by atoms with E-state index in [1.807, 2.05) is 31.2 Å². The van der Waals surface area contributed by atoms with Gasteiger partial charge in [-0.2, -0.15) is 5.10 Å². The summed E-state index contributed by atoms with van der Waals surface area (Å²) in [5.74, 6) is -1.49. The zero-order chi connectivity index (χ0) is 22.4. The molecule has 8 heteroatoms. The second-order valence-corrected chi connectivity index (χ2v) is 7.14. The number of benzene rings is 2. The van der Waals surface area contributed by atoms with Crippen LogP contribution in [0.2, 0.25) is 0 Å². The number of aryl methyl sites for hydroxylation is 2. The topological polar surface area (TPSA) is 65.4 Å². The monoisotopic (exact) mass is 429 g/mol.